The maximum absolute atomic E-state index is 13.6. The van der Waals surface area contributed by atoms with Crippen LogP contribution in [0.2, 0.25) is 0 Å². The molecule has 2 aromatic carbocycles. The molecule has 3 rings (SSSR count). The van der Waals surface area contributed by atoms with Crippen molar-refractivity contribution < 1.29 is 14.0 Å². The van der Waals surface area contributed by atoms with E-state index in [9.17, 15) is 14.0 Å². The summed E-state index contributed by atoms with van der Waals surface area (Å²) in [6, 6.07) is 9.85. The second-order valence-electron chi connectivity index (χ2n) is 5.68. The zero-order valence-electron chi connectivity index (χ0n) is 13.0. The molecule has 0 aliphatic carbocycles. The molecule has 2 aromatic rings. The van der Waals surface area contributed by atoms with Crippen LogP contribution >= 0.6 is 0 Å². The summed E-state index contributed by atoms with van der Waals surface area (Å²) in [5.74, 6) is -0.746. The van der Waals surface area contributed by atoms with E-state index in [1.165, 1.54) is 13.0 Å². The normalized spacial score (nSPS) is 12.9. The Balaban J connectivity index is 1.80. The van der Waals surface area contributed by atoms with Crippen LogP contribution in [0.3, 0.4) is 0 Å². The maximum Gasteiger partial charge on any atom is 0.255 e. The lowest BCUT2D eigenvalue weighted by Crippen LogP contribution is -2.25. The SMILES string of the molecule is CC(=O)N1CCc2cc(NC(=O)c3ccc(C)c(F)c3)ccc21. The van der Waals surface area contributed by atoms with E-state index in [1.54, 1.807) is 30.0 Å². The van der Waals surface area contributed by atoms with Gasteiger partial charge in [-0.1, -0.05) is 6.07 Å². The first-order valence-electron chi connectivity index (χ1n) is 7.44. The van der Waals surface area contributed by atoms with Crippen LogP contribution in [0.25, 0.3) is 0 Å². The molecule has 1 aliphatic rings. The average molecular weight is 312 g/mol. The molecule has 118 valence electrons. The highest BCUT2D eigenvalue weighted by Crippen LogP contribution is 2.30. The summed E-state index contributed by atoms with van der Waals surface area (Å²) in [5.41, 5.74) is 3.33. The van der Waals surface area contributed by atoms with Crippen LogP contribution < -0.4 is 10.2 Å². The van der Waals surface area contributed by atoms with E-state index >= 15 is 0 Å². The number of carbonyl (C=O) groups is 2. The Morgan fingerprint density at radius 3 is 2.65 bits per heavy atom. The van der Waals surface area contributed by atoms with Gasteiger partial charge in [0.1, 0.15) is 5.82 Å². The van der Waals surface area contributed by atoms with Crippen LogP contribution in [-0.4, -0.2) is 18.4 Å². The number of fused-ring (bicyclic) bond motifs is 1. The minimum absolute atomic E-state index is 0.00988. The van der Waals surface area contributed by atoms with Crippen molar-refractivity contribution in [1.82, 2.24) is 0 Å². The van der Waals surface area contributed by atoms with E-state index < -0.39 is 5.82 Å². The molecule has 0 fully saturated rings. The summed E-state index contributed by atoms with van der Waals surface area (Å²) in [6.07, 6.45) is 0.762. The van der Waals surface area contributed by atoms with Crippen LogP contribution in [0.1, 0.15) is 28.4 Å². The average Bonchev–Trinajstić information content (AvgIpc) is 2.93. The quantitative estimate of drug-likeness (QED) is 0.925. The van der Waals surface area contributed by atoms with Crippen LogP contribution in [0.4, 0.5) is 15.8 Å². The van der Waals surface area contributed by atoms with E-state index in [0.717, 1.165) is 17.7 Å². The third kappa shape index (κ3) is 2.95. The van der Waals surface area contributed by atoms with E-state index in [4.69, 9.17) is 0 Å². The Morgan fingerprint density at radius 2 is 1.96 bits per heavy atom. The molecular formula is C18H17FN2O2. The Morgan fingerprint density at radius 1 is 1.17 bits per heavy atom. The number of amides is 2. The second kappa shape index (κ2) is 5.83. The molecule has 4 nitrogen and oxygen atoms in total. The molecule has 0 saturated carbocycles. The van der Waals surface area contributed by atoms with Crippen LogP contribution in [-0.2, 0) is 11.2 Å². The van der Waals surface area contributed by atoms with E-state index in [0.29, 0.717) is 17.8 Å². The smallest absolute Gasteiger partial charge is 0.255 e. The number of carbonyl (C=O) groups excluding carboxylic acids is 2. The number of benzene rings is 2. The molecule has 0 bridgehead atoms. The fourth-order valence-corrected chi connectivity index (χ4v) is 2.74. The topological polar surface area (TPSA) is 49.4 Å². The summed E-state index contributed by atoms with van der Waals surface area (Å²) < 4.78 is 13.6. The van der Waals surface area contributed by atoms with Gasteiger partial charge < -0.3 is 10.2 Å². The number of halogens is 1. The van der Waals surface area contributed by atoms with Gasteiger partial charge in [-0.05, 0) is 54.8 Å². The second-order valence-corrected chi connectivity index (χ2v) is 5.68. The Kier molecular flexibility index (Phi) is 3.86. The van der Waals surface area contributed by atoms with E-state index in [-0.39, 0.29) is 17.4 Å². The van der Waals surface area contributed by atoms with Crippen molar-refractivity contribution in [1.29, 1.82) is 0 Å². The van der Waals surface area contributed by atoms with E-state index in [2.05, 4.69) is 5.32 Å². The molecule has 5 heteroatoms. The Bertz CT molecular complexity index is 802. The van der Waals surface area contributed by atoms with E-state index in [1.807, 2.05) is 12.1 Å². The molecule has 1 heterocycles. The monoisotopic (exact) mass is 312 g/mol. The molecule has 0 radical (unpaired) electrons. The number of nitrogens with zero attached hydrogens (tertiary/aromatic N) is 1. The Labute approximate surface area is 133 Å². The highest BCUT2D eigenvalue weighted by Gasteiger charge is 2.22. The molecule has 23 heavy (non-hydrogen) atoms. The van der Waals surface area contributed by atoms with Crippen molar-refractivity contribution >= 4 is 23.2 Å². The summed E-state index contributed by atoms with van der Waals surface area (Å²) >= 11 is 0. The third-order valence-electron chi connectivity index (χ3n) is 4.05. The summed E-state index contributed by atoms with van der Waals surface area (Å²) in [6.45, 7) is 3.85. The van der Waals surface area contributed by atoms with Crippen LogP contribution in [0.15, 0.2) is 36.4 Å². The summed E-state index contributed by atoms with van der Waals surface area (Å²) in [4.78, 5) is 25.5. The highest BCUT2D eigenvalue weighted by atomic mass is 19.1. The lowest BCUT2D eigenvalue weighted by atomic mass is 10.1. The number of hydrogen-bond acceptors (Lipinski definition) is 2. The fraction of sp³-hybridized carbons (Fsp3) is 0.222. The fourth-order valence-electron chi connectivity index (χ4n) is 2.74. The number of aryl methyl sites for hydroxylation is 1. The molecule has 1 aliphatic heterocycles. The van der Waals surface area contributed by atoms with Crippen molar-refractivity contribution in [2.45, 2.75) is 20.3 Å². The van der Waals surface area contributed by atoms with Gasteiger partial charge in [-0.3, -0.25) is 9.59 Å². The molecule has 0 saturated heterocycles. The van der Waals surface area contributed by atoms with Crippen molar-refractivity contribution in [3.05, 3.63) is 58.9 Å². The van der Waals surface area contributed by atoms with Crippen molar-refractivity contribution in [2.75, 3.05) is 16.8 Å². The summed E-state index contributed by atoms with van der Waals surface area (Å²) in [7, 11) is 0. The molecule has 1 N–H and O–H groups in total. The zero-order chi connectivity index (χ0) is 16.6. The standard InChI is InChI=1S/C18H17FN2O2/c1-11-3-4-14(10-16(11)19)18(23)20-15-5-6-17-13(9-15)7-8-21(17)12(2)22/h3-6,9-10H,7-8H2,1-2H3,(H,20,23). The first-order valence-corrected chi connectivity index (χ1v) is 7.44. The molecule has 0 spiro atoms. The van der Waals surface area contributed by atoms with Gasteiger partial charge in [0.15, 0.2) is 0 Å². The van der Waals surface area contributed by atoms with Gasteiger partial charge in [-0.25, -0.2) is 4.39 Å². The predicted octanol–water partition coefficient (Wildman–Crippen LogP) is 3.30. The lowest BCUT2D eigenvalue weighted by Gasteiger charge is -2.15. The maximum atomic E-state index is 13.6. The number of anilines is 2. The van der Waals surface area contributed by atoms with Gasteiger partial charge in [-0.15, -0.1) is 0 Å². The largest absolute Gasteiger partial charge is 0.322 e. The van der Waals surface area contributed by atoms with Crippen molar-refractivity contribution in [3.8, 4) is 0 Å². The zero-order valence-corrected chi connectivity index (χ0v) is 13.0. The molecule has 0 atom stereocenters. The van der Waals surface area contributed by atoms with Gasteiger partial charge in [0, 0.05) is 30.4 Å². The van der Waals surface area contributed by atoms with Gasteiger partial charge >= 0.3 is 0 Å². The Hall–Kier alpha value is -2.69. The molecule has 0 unspecified atom stereocenters. The minimum atomic E-state index is -0.399. The molecular weight excluding hydrogens is 295 g/mol. The minimum Gasteiger partial charge on any atom is -0.322 e. The van der Waals surface area contributed by atoms with Crippen molar-refractivity contribution in [2.24, 2.45) is 0 Å². The summed E-state index contributed by atoms with van der Waals surface area (Å²) in [5, 5.41) is 2.77. The van der Waals surface area contributed by atoms with Crippen molar-refractivity contribution in [3.63, 3.8) is 0 Å². The van der Waals surface area contributed by atoms with Gasteiger partial charge in [-0.2, -0.15) is 0 Å². The first kappa shape index (κ1) is 15.2. The molecule has 0 aromatic heterocycles. The molecule has 2 amide bonds. The third-order valence-corrected chi connectivity index (χ3v) is 4.05. The first-order chi connectivity index (χ1) is 11.0. The van der Waals surface area contributed by atoms with Gasteiger partial charge in [0.05, 0.1) is 0 Å². The predicted molar refractivity (Wildman–Crippen MR) is 87.3 cm³/mol. The van der Waals surface area contributed by atoms with Gasteiger partial charge in [0.2, 0.25) is 5.91 Å². The van der Waals surface area contributed by atoms with Gasteiger partial charge in [0.25, 0.3) is 5.91 Å². The number of rotatable bonds is 2. The number of nitrogens with one attached hydrogen (secondary N) is 1. The number of hydrogen-bond donors (Lipinski definition) is 1. The van der Waals surface area contributed by atoms with Crippen LogP contribution in [0, 0.1) is 12.7 Å². The lowest BCUT2D eigenvalue weighted by molar-refractivity contribution is -0.116. The highest BCUT2D eigenvalue weighted by molar-refractivity contribution is 6.04. The van der Waals surface area contributed by atoms with Crippen LogP contribution in [0.5, 0.6) is 0 Å².